The molecule has 102 valence electrons. The van der Waals surface area contributed by atoms with E-state index >= 15 is 0 Å². The summed E-state index contributed by atoms with van der Waals surface area (Å²) < 4.78 is 15.6. The van der Waals surface area contributed by atoms with E-state index in [0.717, 1.165) is 0 Å². The summed E-state index contributed by atoms with van der Waals surface area (Å²) in [5, 5.41) is 9.67. The summed E-state index contributed by atoms with van der Waals surface area (Å²) in [6.07, 6.45) is -0.826. The van der Waals surface area contributed by atoms with Crippen molar-refractivity contribution in [1.82, 2.24) is 0 Å². The van der Waals surface area contributed by atoms with E-state index in [1.54, 1.807) is 12.1 Å². The van der Waals surface area contributed by atoms with Crippen molar-refractivity contribution in [2.75, 3.05) is 27.9 Å². The molecule has 0 amide bonds. The van der Waals surface area contributed by atoms with Crippen molar-refractivity contribution in [1.29, 1.82) is 0 Å². The van der Waals surface area contributed by atoms with Gasteiger partial charge in [0.05, 0.1) is 33.5 Å². The van der Waals surface area contributed by atoms with Crippen molar-refractivity contribution in [2.45, 2.75) is 12.1 Å². The highest BCUT2D eigenvalue weighted by atomic mass is 16.5. The van der Waals surface area contributed by atoms with Crippen LogP contribution in [0.4, 0.5) is 0 Å². The fourth-order valence-corrected chi connectivity index (χ4v) is 1.66. The monoisotopic (exact) mass is 256 g/mol. The van der Waals surface area contributed by atoms with Crippen LogP contribution in [-0.2, 0) is 0 Å². The fourth-order valence-electron chi connectivity index (χ4n) is 1.66. The second kappa shape index (κ2) is 6.44. The summed E-state index contributed by atoms with van der Waals surface area (Å²) in [5.41, 5.74) is 12.0. The molecule has 0 heterocycles. The summed E-state index contributed by atoms with van der Waals surface area (Å²) in [7, 11) is 4.56. The Morgan fingerprint density at radius 2 is 1.61 bits per heavy atom. The first-order valence-electron chi connectivity index (χ1n) is 5.52. The highest BCUT2D eigenvalue weighted by molar-refractivity contribution is 5.54. The largest absolute Gasteiger partial charge is 0.493 e. The normalized spacial score (nSPS) is 13.9. The Balaban J connectivity index is 3.22. The number of nitrogens with two attached hydrogens (primary N) is 2. The summed E-state index contributed by atoms with van der Waals surface area (Å²) >= 11 is 0. The van der Waals surface area contributed by atoms with Gasteiger partial charge < -0.3 is 30.8 Å². The zero-order valence-electron chi connectivity index (χ0n) is 10.8. The molecule has 0 aliphatic carbocycles. The van der Waals surface area contributed by atoms with Crippen LogP contribution in [0.15, 0.2) is 12.1 Å². The molecule has 0 bridgehead atoms. The van der Waals surface area contributed by atoms with Gasteiger partial charge in [-0.3, -0.25) is 0 Å². The molecule has 5 N–H and O–H groups in total. The van der Waals surface area contributed by atoms with Crippen LogP contribution in [0.5, 0.6) is 17.2 Å². The molecular weight excluding hydrogens is 236 g/mol. The van der Waals surface area contributed by atoms with Crippen LogP contribution >= 0.6 is 0 Å². The van der Waals surface area contributed by atoms with E-state index in [1.165, 1.54) is 21.3 Å². The Bertz CT molecular complexity index is 373. The summed E-state index contributed by atoms with van der Waals surface area (Å²) in [5.74, 6) is 1.47. The van der Waals surface area contributed by atoms with E-state index in [4.69, 9.17) is 25.7 Å². The lowest BCUT2D eigenvalue weighted by molar-refractivity contribution is 0.152. The summed E-state index contributed by atoms with van der Waals surface area (Å²) in [6.45, 7) is 0.0812. The third-order valence-electron chi connectivity index (χ3n) is 2.73. The second-order valence-corrected chi connectivity index (χ2v) is 3.79. The van der Waals surface area contributed by atoms with Gasteiger partial charge in [-0.15, -0.1) is 0 Å². The maximum absolute atomic E-state index is 9.67. The van der Waals surface area contributed by atoms with Crippen LogP contribution in [0.3, 0.4) is 0 Å². The van der Waals surface area contributed by atoms with Crippen molar-refractivity contribution in [3.63, 3.8) is 0 Å². The van der Waals surface area contributed by atoms with Gasteiger partial charge >= 0.3 is 0 Å². The molecular formula is C12H20N2O4. The Labute approximate surface area is 106 Å². The SMILES string of the molecule is COc1cc(C(N)C(O)CN)cc(OC)c1OC. The van der Waals surface area contributed by atoms with Gasteiger partial charge in [0.1, 0.15) is 0 Å². The van der Waals surface area contributed by atoms with Crippen LogP contribution in [0.25, 0.3) is 0 Å². The average Bonchev–Trinajstić information content (AvgIpc) is 2.43. The van der Waals surface area contributed by atoms with Crippen LogP contribution in [0, 0.1) is 0 Å². The van der Waals surface area contributed by atoms with E-state index in [9.17, 15) is 5.11 Å². The van der Waals surface area contributed by atoms with E-state index in [0.29, 0.717) is 22.8 Å². The third kappa shape index (κ3) is 2.84. The fraction of sp³-hybridized carbons (Fsp3) is 0.500. The van der Waals surface area contributed by atoms with Crippen LogP contribution < -0.4 is 25.7 Å². The molecule has 6 nitrogen and oxygen atoms in total. The smallest absolute Gasteiger partial charge is 0.203 e. The quantitative estimate of drug-likeness (QED) is 0.664. The topological polar surface area (TPSA) is 100.0 Å². The molecule has 0 aliphatic rings. The number of aliphatic hydroxyl groups excluding tert-OH is 1. The van der Waals surface area contributed by atoms with Gasteiger partial charge in [0.25, 0.3) is 0 Å². The lowest BCUT2D eigenvalue weighted by atomic mass is 10.0. The number of ether oxygens (including phenoxy) is 3. The number of aliphatic hydroxyl groups is 1. The highest BCUT2D eigenvalue weighted by Crippen LogP contribution is 2.39. The Kier molecular flexibility index (Phi) is 5.21. The number of hydrogen-bond acceptors (Lipinski definition) is 6. The van der Waals surface area contributed by atoms with Gasteiger partial charge in [-0.05, 0) is 17.7 Å². The molecule has 6 heteroatoms. The lowest BCUT2D eigenvalue weighted by Crippen LogP contribution is -2.32. The molecule has 18 heavy (non-hydrogen) atoms. The first-order valence-corrected chi connectivity index (χ1v) is 5.52. The van der Waals surface area contributed by atoms with E-state index in [2.05, 4.69) is 0 Å². The molecule has 0 spiro atoms. The first-order chi connectivity index (χ1) is 8.58. The molecule has 0 aromatic heterocycles. The van der Waals surface area contributed by atoms with Crippen molar-refractivity contribution >= 4 is 0 Å². The van der Waals surface area contributed by atoms with Gasteiger partial charge in [-0.25, -0.2) is 0 Å². The first kappa shape index (κ1) is 14.6. The molecule has 1 aromatic carbocycles. The molecule has 0 fully saturated rings. The summed E-state index contributed by atoms with van der Waals surface area (Å²) in [4.78, 5) is 0. The molecule has 1 aromatic rings. The van der Waals surface area contributed by atoms with Gasteiger partial charge in [-0.1, -0.05) is 0 Å². The van der Waals surface area contributed by atoms with Crippen molar-refractivity contribution in [3.05, 3.63) is 17.7 Å². The number of methoxy groups -OCH3 is 3. The standard InChI is InChI=1S/C12H20N2O4/c1-16-9-4-7(11(14)8(15)6-13)5-10(17-2)12(9)18-3/h4-5,8,11,15H,6,13-14H2,1-3H3. The maximum atomic E-state index is 9.67. The van der Waals surface area contributed by atoms with Crippen LogP contribution in [0.2, 0.25) is 0 Å². The minimum atomic E-state index is -0.826. The molecule has 0 radical (unpaired) electrons. The molecule has 0 saturated heterocycles. The van der Waals surface area contributed by atoms with E-state index < -0.39 is 12.1 Å². The Morgan fingerprint density at radius 1 is 1.11 bits per heavy atom. The van der Waals surface area contributed by atoms with Gasteiger partial charge in [0, 0.05) is 6.54 Å². The average molecular weight is 256 g/mol. The second-order valence-electron chi connectivity index (χ2n) is 3.79. The van der Waals surface area contributed by atoms with Crippen LogP contribution in [-0.4, -0.2) is 39.1 Å². The Hall–Kier alpha value is -1.50. The van der Waals surface area contributed by atoms with Crippen molar-refractivity contribution < 1.29 is 19.3 Å². The third-order valence-corrected chi connectivity index (χ3v) is 2.73. The lowest BCUT2D eigenvalue weighted by Gasteiger charge is -2.20. The molecule has 0 aliphatic heterocycles. The molecule has 0 saturated carbocycles. The predicted octanol–water partition coefficient (Wildman–Crippen LogP) is 0.0318. The zero-order chi connectivity index (χ0) is 13.7. The van der Waals surface area contributed by atoms with Gasteiger partial charge in [-0.2, -0.15) is 0 Å². The highest BCUT2D eigenvalue weighted by Gasteiger charge is 2.20. The van der Waals surface area contributed by atoms with E-state index in [-0.39, 0.29) is 6.54 Å². The minimum Gasteiger partial charge on any atom is -0.493 e. The Morgan fingerprint density at radius 3 is 1.94 bits per heavy atom. The van der Waals surface area contributed by atoms with Crippen molar-refractivity contribution in [2.24, 2.45) is 11.5 Å². The molecule has 1 rings (SSSR count). The van der Waals surface area contributed by atoms with Crippen molar-refractivity contribution in [3.8, 4) is 17.2 Å². The number of hydrogen-bond donors (Lipinski definition) is 3. The van der Waals surface area contributed by atoms with Gasteiger partial charge in [0.2, 0.25) is 5.75 Å². The van der Waals surface area contributed by atoms with E-state index in [1.807, 2.05) is 0 Å². The maximum Gasteiger partial charge on any atom is 0.203 e. The van der Waals surface area contributed by atoms with Gasteiger partial charge in [0.15, 0.2) is 11.5 Å². The molecule has 2 unspecified atom stereocenters. The summed E-state index contributed by atoms with van der Waals surface area (Å²) in [6, 6.07) is 2.79. The number of benzene rings is 1. The minimum absolute atomic E-state index is 0.0812. The van der Waals surface area contributed by atoms with Crippen LogP contribution in [0.1, 0.15) is 11.6 Å². The molecule has 2 atom stereocenters. The predicted molar refractivity (Wildman–Crippen MR) is 68.1 cm³/mol. The number of rotatable bonds is 6. The zero-order valence-corrected chi connectivity index (χ0v) is 10.8.